The lowest BCUT2D eigenvalue weighted by Crippen LogP contribution is -2.17. The predicted octanol–water partition coefficient (Wildman–Crippen LogP) is 3.12. The first-order valence-electron chi connectivity index (χ1n) is 7.22. The number of anilines is 1. The molecule has 3 nitrogen and oxygen atoms in total. The smallest absolute Gasteiger partial charge is 0.185 e. The molecule has 4 heteroatoms. The highest BCUT2D eigenvalue weighted by atomic mass is 32.1. The summed E-state index contributed by atoms with van der Waals surface area (Å²) in [6.07, 6.45) is 5.36. The first-order chi connectivity index (χ1) is 8.74. The van der Waals surface area contributed by atoms with E-state index in [4.69, 9.17) is 4.98 Å². The highest BCUT2D eigenvalue weighted by molar-refractivity contribution is 7.15. The Kier molecular flexibility index (Phi) is 3.57. The van der Waals surface area contributed by atoms with Gasteiger partial charge in [0.15, 0.2) is 5.13 Å². The molecule has 0 radical (unpaired) electrons. The van der Waals surface area contributed by atoms with E-state index in [1.165, 1.54) is 54.5 Å². The molecule has 1 aromatic heterocycles. The Morgan fingerprint density at radius 3 is 2.67 bits per heavy atom. The fourth-order valence-corrected chi connectivity index (χ4v) is 3.71. The number of thiazole rings is 1. The SMILES string of the molecule is CC(C)c1nc(N2CCCC2)sc1CNC1CC1. The van der Waals surface area contributed by atoms with Crippen molar-refractivity contribution >= 4 is 16.5 Å². The van der Waals surface area contributed by atoms with Crippen molar-refractivity contribution in [1.82, 2.24) is 10.3 Å². The van der Waals surface area contributed by atoms with Gasteiger partial charge in [-0.05, 0) is 31.6 Å². The van der Waals surface area contributed by atoms with Crippen LogP contribution in [0, 0.1) is 0 Å². The van der Waals surface area contributed by atoms with E-state index in [1.54, 1.807) is 0 Å². The van der Waals surface area contributed by atoms with E-state index in [2.05, 4.69) is 24.1 Å². The lowest BCUT2D eigenvalue weighted by atomic mass is 10.1. The average molecular weight is 265 g/mol. The van der Waals surface area contributed by atoms with Crippen molar-refractivity contribution in [2.45, 2.75) is 58.0 Å². The predicted molar refractivity (Wildman–Crippen MR) is 77.5 cm³/mol. The molecule has 1 aromatic rings. The minimum atomic E-state index is 0.536. The van der Waals surface area contributed by atoms with Crippen molar-refractivity contribution in [3.8, 4) is 0 Å². The third-order valence-electron chi connectivity index (χ3n) is 3.77. The van der Waals surface area contributed by atoms with Gasteiger partial charge in [-0.1, -0.05) is 13.8 Å². The molecule has 2 fully saturated rings. The van der Waals surface area contributed by atoms with Crippen LogP contribution in [0.4, 0.5) is 5.13 Å². The largest absolute Gasteiger partial charge is 0.348 e. The molecule has 1 saturated heterocycles. The summed E-state index contributed by atoms with van der Waals surface area (Å²) >= 11 is 1.91. The molecule has 1 N–H and O–H groups in total. The molecule has 3 rings (SSSR count). The van der Waals surface area contributed by atoms with Gasteiger partial charge in [0.2, 0.25) is 0 Å². The molecule has 100 valence electrons. The molecule has 0 atom stereocenters. The van der Waals surface area contributed by atoms with Crippen LogP contribution in [0.3, 0.4) is 0 Å². The standard InChI is InChI=1S/C14H23N3S/c1-10(2)13-12(9-15-11-5-6-11)18-14(16-13)17-7-3-4-8-17/h10-11,15H,3-9H2,1-2H3. The van der Waals surface area contributed by atoms with Gasteiger partial charge in [-0.25, -0.2) is 4.98 Å². The van der Waals surface area contributed by atoms with E-state index in [1.807, 2.05) is 11.3 Å². The first-order valence-corrected chi connectivity index (χ1v) is 8.03. The minimum absolute atomic E-state index is 0.536. The van der Waals surface area contributed by atoms with E-state index < -0.39 is 0 Å². The monoisotopic (exact) mass is 265 g/mol. The Labute approximate surface area is 114 Å². The Hall–Kier alpha value is -0.610. The summed E-state index contributed by atoms with van der Waals surface area (Å²) < 4.78 is 0. The Balaban J connectivity index is 1.75. The maximum atomic E-state index is 4.89. The van der Waals surface area contributed by atoms with Crippen molar-refractivity contribution < 1.29 is 0 Å². The fourth-order valence-electron chi connectivity index (χ4n) is 2.50. The zero-order valence-electron chi connectivity index (χ0n) is 11.4. The topological polar surface area (TPSA) is 28.2 Å². The van der Waals surface area contributed by atoms with Crippen LogP contribution in [0.15, 0.2) is 0 Å². The van der Waals surface area contributed by atoms with Gasteiger partial charge in [0.05, 0.1) is 5.69 Å². The summed E-state index contributed by atoms with van der Waals surface area (Å²) in [5.41, 5.74) is 1.31. The molecule has 1 saturated carbocycles. The van der Waals surface area contributed by atoms with Gasteiger partial charge in [0, 0.05) is 30.6 Å². The van der Waals surface area contributed by atoms with Crippen LogP contribution in [-0.2, 0) is 6.54 Å². The molecular weight excluding hydrogens is 242 g/mol. The van der Waals surface area contributed by atoms with Crippen molar-refractivity contribution in [1.29, 1.82) is 0 Å². The molecular formula is C14H23N3S. The molecule has 0 aromatic carbocycles. The molecule has 2 heterocycles. The van der Waals surface area contributed by atoms with Crippen LogP contribution in [0.5, 0.6) is 0 Å². The molecule has 1 aliphatic heterocycles. The number of hydrogen-bond donors (Lipinski definition) is 1. The van der Waals surface area contributed by atoms with Crippen molar-refractivity contribution in [2.75, 3.05) is 18.0 Å². The number of hydrogen-bond acceptors (Lipinski definition) is 4. The molecule has 0 amide bonds. The maximum absolute atomic E-state index is 4.89. The number of nitrogens with zero attached hydrogens (tertiary/aromatic N) is 2. The van der Waals surface area contributed by atoms with Crippen molar-refractivity contribution in [3.63, 3.8) is 0 Å². The summed E-state index contributed by atoms with van der Waals surface area (Å²) in [4.78, 5) is 8.81. The van der Waals surface area contributed by atoms with Gasteiger partial charge in [0.1, 0.15) is 0 Å². The van der Waals surface area contributed by atoms with Crippen LogP contribution >= 0.6 is 11.3 Å². The average Bonchev–Trinajstić information content (AvgIpc) is 2.87. The van der Waals surface area contributed by atoms with Crippen LogP contribution < -0.4 is 10.2 Å². The summed E-state index contributed by atoms with van der Waals surface area (Å²) in [6, 6.07) is 0.780. The van der Waals surface area contributed by atoms with E-state index >= 15 is 0 Å². The van der Waals surface area contributed by atoms with E-state index in [0.29, 0.717) is 5.92 Å². The zero-order valence-corrected chi connectivity index (χ0v) is 12.2. The normalized spacial score (nSPS) is 20.1. The Morgan fingerprint density at radius 2 is 2.06 bits per heavy atom. The maximum Gasteiger partial charge on any atom is 0.185 e. The number of rotatable bonds is 5. The van der Waals surface area contributed by atoms with Gasteiger partial charge in [-0.15, -0.1) is 11.3 Å². The summed E-state index contributed by atoms with van der Waals surface area (Å²) in [5, 5.41) is 4.88. The lowest BCUT2D eigenvalue weighted by Gasteiger charge is -2.12. The van der Waals surface area contributed by atoms with Crippen LogP contribution in [0.1, 0.15) is 56.0 Å². The molecule has 0 unspecified atom stereocenters. The van der Waals surface area contributed by atoms with Crippen LogP contribution in [0.2, 0.25) is 0 Å². The minimum Gasteiger partial charge on any atom is -0.348 e. The zero-order chi connectivity index (χ0) is 12.5. The highest BCUT2D eigenvalue weighted by Crippen LogP contribution is 2.33. The van der Waals surface area contributed by atoms with Gasteiger partial charge in [-0.3, -0.25) is 0 Å². The first kappa shape index (κ1) is 12.4. The number of nitrogens with one attached hydrogen (secondary N) is 1. The van der Waals surface area contributed by atoms with Crippen molar-refractivity contribution in [3.05, 3.63) is 10.6 Å². The van der Waals surface area contributed by atoms with Gasteiger partial charge in [0.25, 0.3) is 0 Å². The molecule has 0 spiro atoms. The molecule has 18 heavy (non-hydrogen) atoms. The summed E-state index contributed by atoms with van der Waals surface area (Å²) in [6.45, 7) is 7.91. The van der Waals surface area contributed by atoms with Gasteiger partial charge >= 0.3 is 0 Å². The second-order valence-electron chi connectivity index (χ2n) is 5.81. The van der Waals surface area contributed by atoms with Gasteiger partial charge < -0.3 is 10.2 Å². The van der Waals surface area contributed by atoms with E-state index in [9.17, 15) is 0 Å². The molecule has 0 bridgehead atoms. The van der Waals surface area contributed by atoms with Crippen LogP contribution in [-0.4, -0.2) is 24.1 Å². The molecule has 2 aliphatic rings. The van der Waals surface area contributed by atoms with Gasteiger partial charge in [-0.2, -0.15) is 0 Å². The van der Waals surface area contributed by atoms with E-state index in [0.717, 1.165) is 12.6 Å². The Morgan fingerprint density at radius 1 is 1.33 bits per heavy atom. The lowest BCUT2D eigenvalue weighted by molar-refractivity contribution is 0.680. The molecule has 1 aliphatic carbocycles. The fraction of sp³-hybridized carbons (Fsp3) is 0.786. The van der Waals surface area contributed by atoms with Crippen LogP contribution in [0.25, 0.3) is 0 Å². The van der Waals surface area contributed by atoms with Crippen molar-refractivity contribution in [2.24, 2.45) is 0 Å². The second-order valence-corrected chi connectivity index (χ2v) is 6.87. The number of aromatic nitrogens is 1. The summed E-state index contributed by atoms with van der Waals surface area (Å²) in [5.74, 6) is 0.536. The quantitative estimate of drug-likeness (QED) is 0.886. The summed E-state index contributed by atoms with van der Waals surface area (Å²) in [7, 11) is 0. The van der Waals surface area contributed by atoms with E-state index in [-0.39, 0.29) is 0 Å². The third kappa shape index (κ3) is 2.69. The highest BCUT2D eigenvalue weighted by Gasteiger charge is 2.24. The third-order valence-corrected chi connectivity index (χ3v) is 4.90. The second kappa shape index (κ2) is 5.17. The Bertz CT molecular complexity index is 403.